The monoisotopic (exact) mass is 369 g/mol. The Balaban J connectivity index is 2.39. The topological polar surface area (TPSA) is 73.9 Å². The van der Waals surface area contributed by atoms with Crippen molar-refractivity contribution in [2.24, 2.45) is 0 Å². The first-order valence-electron chi connectivity index (χ1n) is 8.26. The quantitative estimate of drug-likeness (QED) is 0.823. The second-order valence-corrected chi connectivity index (χ2v) is 10.0. The summed E-state index contributed by atoms with van der Waals surface area (Å²) in [4.78, 5) is 0.0881. The molecule has 2 rings (SSSR count). The Morgan fingerprint density at radius 2 is 1.60 bits per heavy atom. The zero-order valence-electron chi connectivity index (χ0n) is 16.3. The van der Waals surface area contributed by atoms with Crippen molar-refractivity contribution in [1.29, 1.82) is 0 Å². The van der Waals surface area contributed by atoms with Crippen LogP contribution in [0.5, 0.6) is 5.75 Å². The molecule has 1 aromatic carbocycles. The van der Waals surface area contributed by atoms with E-state index < -0.39 is 33.9 Å². The van der Waals surface area contributed by atoms with E-state index in [-0.39, 0.29) is 10.6 Å². The molecule has 0 saturated carbocycles. The Morgan fingerprint density at radius 3 is 2.04 bits per heavy atom. The van der Waals surface area contributed by atoms with Crippen LogP contribution in [0.15, 0.2) is 23.1 Å². The van der Waals surface area contributed by atoms with Crippen LogP contribution in [-0.4, -0.2) is 39.4 Å². The van der Waals surface area contributed by atoms with Gasteiger partial charge in [0.25, 0.3) is 0 Å². The van der Waals surface area contributed by atoms with Crippen molar-refractivity contribution in [3.8, 4) is 5.75 Å². The average Bonchev–Trinajstić information content (AvgIpc) is 2.64. The van der Waals surface area contributed by atoms with Crippen molar-refractivity contribution in [3.05, 3.63) is 18.2 Å². The molecule has 1 heterocycles. The Hall–Kier alpha value is -1.09. The van der Waals surface area contributed by atoms with E-state index in [9.17, 15) is 8.42 Å². The molecule has 0 spiro atoms. The summed E-state index contributed by atoms with van der Waals surface area (Å²) in [5.74, 6) is 0.254. The predicted molar refractivity (Wildman–Crippen MR) is 98.8 cm³/mol. The second-order valence-electron chi connectivity index (χ2n) is 8.35. The van der Waals surface area contributed by atoms with E-state index in [0.717, 1.165) is 0 Å². The van der Waals surface area contributed by atoms with Crippen LogP contribution < -0.4 is 14.9 Å². The molecule has 0 atom stereocenters. The number of ether oxygens (including phenoxy) is 1. The number of nitrogens with one attached hydrogen (secondary N) is 1. The normalized spacial score (nSPS) is 19.9. The van der Waals surface area contributed by atoms with Crippen LogP contribution in [-0.2, 0) is 19.3 Å². The first-order chi connectivity index (χ1) is 11.2. The van der Waals surface area contributed by atoms with Gasteiger partial charge in [-0.15, -0.1) is 0 Å². The Labute approximate surface area is 151 Å². The average molecular weight is 369 g/mol. The van der Waals surface area contributed by atoms with Crippen LogP contribution in [0.2, 0.25) is 0 Å². The number of hydrogen-bond donors (Lipinski definition) is 1. The van der Waals surface area contributed by atoms with Crippen LogP contribution in [0.3, 0.4) is 0 Å². The van der Waals surface area contributed by atoms with Crippen molar-refractivity contribution >= 4 is 22.6 Å². The molecule has 1 fully saturated rings. The zero-order valence-corrected chi connectivity index (χ0v) is 17.1. The molecule has 1 aromatic rings. The first kappa shape index (κ1) is 20.2. The molecule has 0 amide bonds. The van der Waals surface area contributed by atoms with Crippen LogP contribution in [0.25, 0.3) is 0 Å². The van der Waals surface area contributed by atoms with Gasteiger partial charge in [0.15, 0.2) is 0 Å². The lowest BCUT2D eigenvalue weighted by molar-refractivity contribution is 0.00578. The third-order valence-electron chi connectivity index (χ3n) is 4.44. The van der Waals surface area contributed by atoms with Crippen molar-refractivity contribution in [3.63, 3.8) is 0 Å². The molecular formula is C17H28BNO5S. The number of benzene rings is 1. The lowest BCUT2D eigenvalue weighted by Gasteiger charge is -2.32. The lowest BCUT2D eigenvalue weighted by Crippen LogP contribution is -2.41. The highest BCUT2D eigenvalue weighted by Crippen LogP contribution is 2.37. The third-order valence-corrected chi connectivity index (χ3v) is 6.24. The van der Waals surface area contributed by atoms with E-state index in [0.29, 0.717) is 5.46 Å². The standard InChI is InChI=1S/C17H28BNO5S/c1-15(2,3)19-25(20,21)14-10-9-12(11-13(14)22-8)18-23-16(4,5)17(6,7)24-18/h9-11,19H,1-8H3. The Bertz CT molecular complexity index is 737. The molecule has 6 nitrogen and oxygen atoms in total. The highest BCUT2D eigenvalue weighted by Gasteiger charge is 2.51. The number of sulfonamides is 1. The van der Waals surface area contributed by atoms with Crippen LogP contribution in [0, 0.1) is 0 Å². The molecule has 1 saturated heterocycles. The summed E-state index contributed by atoms with van der Waals surface area (Å²) >= 11 is 0. The lowest BCUT2D eigenvalue weighted by atomic mass is 9.79. The summed E-state index contributed by atoms with van der Waals surface area (Å²) in [7, 11) is -2.84. The molecule has 0 bridgehead atoms. The smallest absolute Gasteiger partial charge is 0.494 e. The first-order valence-corrected chi connectivity index (χ1v) is 9.74. The predicted octanol–water partition coefficient (Wildman–Crippen LogP) is 2.07. The zero-order chi connectivity index (χ0) is 19.3. The molecule has 140 valence electrons. The Morgan fingerprint density at radius 1 is 1.08 bits per heavy atom. The van der Waals surface area contributed by atoms with E-state index in [1.807, 2.05) is 27.7 Å². The van der Waals surface area contributed by atoms with Crippen LogP contribution in [0.1, 0.15) is 48.5 Å². The van der Waals surface area contributed by atoms with E-state index in [1.165, 1.54) is 13.2 Å². The summed E-state index contributed by atoms with van der Waals surface area (Å²) < 4.78 is 45.2. The minimum absolute atomic E-state index is 0.0881. The van der Waals surface area contributed by atoms with Crippen molar-refractivity contribution in [2.45, 2.75) is 70.1 Å². The van der Waals surface area contributed by atoms with Gasteiger partial charge in [-0.05, 0) is 66.1 Å². The minimum Gasteiger partial charge on any atom is -0.495 e. The maximum atomic E-state index is 12.6. The van der Waals surface area contributed by atoms with Gasteiger partial charge in [0, 0.05) is 5.54 Å². The van der Waals surface area contributed by atoms with Crippen molar-refractivity contribution < 1.29 is 22.5 Å². The van der Waals surface area contributed by atoms with Gasteiger partial charge in [-0.25, -0.2) is 13.1 Å². The van der Waals surface area contributed by atoms with Crippen LogP contribution >= 0.6 is 0 Å². The van der Waals surface area contributed by atoms with E-state index in [1.54, 1.807) is 32.9 Å². The molecule has 1 aliphatic rings. The largest absolute Gasteiger partial charge is 0.495 e. The maximum Gasteiger partial charge on any atom is 0.494 e. The van der Waals surface area contributed by atoms with Gasteiger partial charge in [-0.2, -0.15) is 0 Å². The third kappa shape index (κ3) is 4.19. The van der Waals surface area contributed by atoms with E-state index >= 15 is 0 Å². The molecule has 0 aromatic heterocycles. The number of rotatable bonds is 4. The fourth-order valence-corrected chi connectivity index (χ4v) is 4.06. The molecule has 0 aliphatic carbocycles. The number of methoxy groups -OCH3 is 1. The molecule has 0 unspecified atom stereocenters. The highest BCUT2D eigenvalue weighted by atomic mass is 32.2. The van der Waals surface area contributed by atoms with Gasteiger partial charge in [-0.3, -0.25) is 0 Å². The molecule has 8 heteroatoms. The SMILES string of the molecule is COc1cc(B2OC(C)(C)C(C)(C)O2)ccc1S(=O)(=O)NC(C)(C)C. The van der Waals surface area contributed by atoms with Gasteiger partial charge < -0.3 is 14.0 Å². The van der Waals surface area contributed by atoms with Crippen molar-refractivity contribution in [1.82, 2.24) is 4.72 Å². The summed E-state index contributed by atoms with van der Waals surface area (Å²) in [5, 5.41) is 0. The van der Waals surface area contributed by atoms with E-state index in [4.69, 9.17) is 14.0 Å². The Kier molecular flexibility index (Phi) is 5.07. The van der Waals surface area contributed by atoms with Gasteiger partial charge in [0.1, 0.15) is 10.6 Å². The second kappa shape index (κ2) is 6.26. The van der Waals surface area contributed by atoms with Gasteiger partial charge in [-0.1, -0.05) is 6.07 Å². The van der Waals surface area contributed by atoms with Gasteiger partial charge >= 0.3 is 7.12 Å². The fraction of sp³-hybridized carbons (Fsp3) is 0.647. The molecule has 25 heavy (non-hydrogen) atoms. The van der Waals surface area contributed by atoms with E-state index in [2.05, 4.69) is 4.72 Å². The molecular weight excluding hydrogens is 341 g/mol. The van der Waals surface area contributed by atoms with Gasteiger partial charge in [0.2, 0.25) is 10.0 Å². The molecule has 1 aliphatic heterocycles. The minimum atomic E-state index is -3.70. The molecule has 1 N–H and O–H groups in total. The summed E-state index contributed by atoms with van der Waals surface area (Å²) in [6, 6.07) is 4.87. The van der Waals surface area contributed by atoms with Crippen LogP contribution in [0.4, 0.5) is 0 Å². The number of hydrogen-bond acceptors (Lipinski definition) is 5. The van der Waals surface area contributed by atoms with Gasteiger partial charge in [0.05, 0.1) is 18.3 Å². The summed E-state index contributed by atoms with van der Waals surface area (Å²) in [6.07, 6.45) is 0. The highest BCUT2D eigenvalue weighted by molar-refractivity contribution is 7.89. The fourth-order valence-electron chi connectivity index (χ4n) is 2.49. The summed E-state index contributed by atoms with van der Waals surface area (Å²) in [6.45, 7) is 13.2. The van der Waals surface area contributed by atoms with Crippen molar-refractivity contribution in [2.75, 3.05) is 7.11 Å². The maximum absolute atomic E-state index is 12.6. The summed E-state index contributed by atoms with van der Waals surface area (Å²) in [5.41, 5.74) is -0.814. The molecule has 0 radical (unpaired) electrons.